The zero-order chi connectivity index (χ0) is 20.2. The van der Waals surface area contributed by atoms with Gasteiger partial charge in [0.15, 0.2) is 11.5 Å². The molecule has 0 radical (unpaired) electrons. The molecule has 4 rings (SSSR count). The average molecular weight is 395 g/mol. The Balaban J connectivity index is 1.47. The first-order chi connectivity index (χ1) is 14.2. The first-order valence-electron chi connectivity index (χ1n) is 10.4. The standard InChI is InChI=1S/C24H29NO4/c1-27-21-9-5-6-17(12-21)15-25-16-19(14-24(25)26)18-10-11-22(28-2)23(13-18)29-20-7-3-4-8-20/h5-6,9-13,19-20H,3-4,7-8,14-16H2,1-2H3/t19-/m1/s1. The largest absolute Gasteiger partial charge is 0.497 e. The van der Waals surface area contributed by atoms with Crippen molar-refractivity contribution >= 4 is 5.91 Å². The van der Waals surface area contributed by atoms with Crippen molar-refractivity contribution < 1.29 is 19.0 Å². The molecule has 0 unspecified atom stereocenters. The number of carbonyl (C=O) groups excluding carboxylic acids is 1. The Morgan fingerprint density at radius 2 is 1.83 bits per heavy atom. The van der Waals surface area contributed by atoms with Gasteiger partial charge in [-0.25, -0.2) is 0 Å². The van der Waals surface area contributed by atoms with Crippen LogP contribution >= 0.6 is 0 Å². The predicted molar refractivity (Wildman–Crippen MR) is 112 cm³/mol. The Labute approximate surface area is 172 Å². The van der Waals surface area contributed by atoms with Gasteiger partial charge in [0.05, 0.1) is 20.3 Å². The third-order valence-electron chi connectivity index (χ3n) is 5.98. The summed E-state index contributed by atoms with van der Waals surface area (Å²) in [6.07, 6.45) is 5.45. The van der Waals surface area contributed by atoms with Crippen LogP contribution in [0.4, 0.5) is 0 Å². The van der Waals surface area contributed by atoms with Gasteiger partial charge in [-0.2, -0.15) is 0 Å². The molecule has 1 amide bonds. The molecule has 5 heteroatoms. The van der Waals surface area contributed by atoms with Crippen molar-refractivity contribution in [3.63, 3.8) is 0 Å². The summed E-state index contributed by atoms with van der Waals surface area (Å²) in [5.74, 6) is 2.74. The lowest BCUT2D eigenvalue weighted by Crippen LogP contribution is -2.24. The Kier molecular flexibility index (Phi) is 5.93. The molecule has 0 bridgehead atoms. The topological polar surface area (TPSA) is 48.0 Å². The van der Waals surface area contributed by atoms with Gasteiger partial charge in [-0.3, -0.25) is 4.79 Å². The number of methoxy groups -OCH3 is 2. The van der Waals surface area contributed by atoms with Gasteiger partial charge in [0.1, 0.15) is 5.75 Å². The maximum Gasteiger partial charge on any atom is 0.223 e. The molecular formula is C24H29NO4. The molecule has 29 heavy (non-hydrogen) atoms. The Hall–Kier alpha value is -2.69. The van der Waals surface area contributed by atoms with Crippen LogP contribution in [0.1, 0.15) is 49.1 Å². The van der Waals surface area contributed by atoms with Crippen molar-refractivity contribution in [3.05, 3.63) is 53.6 Å². The van der Waals surface area contributed by atoms with Gasteiger partial charge in [-0.05, 0) is 61.1 Å². The second-order valence-corrected chi connectivity index (χ2v) is 7.96. The predicted octanol–water partition coefficient (Wildman–Crippen LogP) is 4.54. The van der Waals surface area contributed by atoms with Crippen molar-refractivity contribution in [1.29, 1.82) is 0 Å². The van der Waals surface area contributed by atoms with E-state index in [-0.39, 0.29) is 17.9 Å². The summed E-state index contributed by atoms with van der Waals surface area (Å²) in [5.41, 5.74) is 2.22. The van der Waals surface area contributed by atoms with Crippen molar-refractivity contribution in [1.82, 2.24) is 4.90 Å². The first kappa shape index (κ1) is 19.6. The van der Waals surface area contributed by atoms with E-state index in [0.717, 1.165) is 41.2 Å². The zero-order valence-corrected chi connectivity index (χ0v) is 17.2. The zero-order valence-electron chi connectivity index (χ0n) is 17.2. The van der Waals surface area contributed by atoms with Crippen LogP contribution in [0.2, 0.25) is 0 Å². The number of ether oxygens (including phenoxy) is 3. The second-order valence-electron chi connectivity index (χ2n) is 7.96. The summed E-state index contributed by atoms with van der Waals surface area (Å²) < 4.78 is 17.0. The molecule has 1 aliphatic heterocycles. The highest BCUT2D eigenvalue weighted by molar-refractivity contribution is 5.80. The lowest BCUT2D eigenvalue weighted by molar-refractivity contribution is -0.128. The van der Waals surface area contributed by atoms with Crippen LogP contribution in [-0.2, 0) is 11.3 Å². The summed E-state index contributed by atoms with van der Waals surface area (Å²) in [6, 6.07) is 14.0. The van der Waals surface area contributed by atoms with E-state index in [1.165, 1.54) is 12.8 Å². The summed E-state index contributed by atoms with van der Waals surface area (Å²) >= 11 is 0. The van der Waals surface area contributed by atoms with Crippen LogP contribution in [-0.4, -0.2) is 37.7 Å². The summed E-state index contributed by atoms with van der Waals surface area (Å²) in [4.78, 5) is 14.6. The van der Waals surface area contributed by atoms with Gasteiger partial charge >= 0.3 is 0 Å². The minimum atomic E-state index is 0.171. The van der Waals surface area contributed by atoms with E-state index in [9.17, 15) is 4.79 Å². The second kappa shape index (κ2) is 8.76. The van der Waals surface area contributed by atoms with Crippen LogP contribution in [0, 0.1) is 0 Å². The van der Waals surface area contributed by atoms with E-state index < -0.39 is 0 Å². The van der Waals surface area contributed by atoms with Gasteiger partial charge in [-0.15, -0.1) is 0 Å². The fourth-order valence-electron chi connectivity index (χ4n) is 4.36. The minimum absolute atomic E-state index is 0.171. The molecule has 2 aromatic rings. The molecule has 1 heterocycles. The quantitative estimate of drug-likeness (QED) is 0.691. The molecule has 2 aromatic carbocycles. The van der Waals surface area contributed by atoms with Crippen LogP contribution in [0.5, 0.6) is 17.2 Å². The summed E-state index contributed by atoms with van der Waals surface area (Å²) in [7, 11) is 3.33. The van der Waals surface area contributed by atoms with Gasteiger partial charge in [0.25, 0.3) is 0 Å². The van der Waals surface area contributed by atoms with E-state index >= 15 is 0 Å². The monoisotopic (exact) mass is 395 g/mol. The van der Waals surface area contributed by atoms with E-state index in [4.69, 9.17) is 14.2 Å². The van der Waals surface area contributed by atoms with Crippen LogP contribution in [0.15, 0.2) is 42.5 Å². The first-order valence-corrected chi connectivity index (χ1v) is 10.4. The fourth-order valence-corrected chi connectivity index (χ4v) is 4.36. The molecule has 0 N–H and O–H groups in total. The maximum absolute atomic E-state index is 12.6. The molecule has 2 aliphatic rings. The smallest absolute Gasteiger partial charge is 0.223 e. The molecule has 5 nitrogen and oxygen atoms in total. The van der Waals surface area contributed by atoms with Crippen molar-refractivity contribution in [2.75, 3.05) is 20.8 Å². The third-order valence-corrected chi connectivity index (χ3v) is 5.98. The average Bonchev–Trinajstić information content (AvgIpc) is 3.38. The van der Waals surface area contributed by atoms with Crippen molar-refractivity contribution in [2.45, 2.75) is 50.7 Å². The Morgan fingerprint density at radius 3 is 2.59 bits per heavy atom. The number of likely N-dealkylation sites (tertiary alicyclic amines) is 1. The molecule has 1 atom stereocenters. The van der Waals surface area contributed by atoms with Gasteiger partial charge in [0.2, 0.25) is 5.91 Å². The van der Waals surface area contributed by atoms with E-state index in [1.54, 1.807) is 14.2 Å². The Morgan fingerprint density at radius 1 is 1.00 bits per heavy atom. The third kappa shape index (κ3) is 4.50. The molecule has 0 aromatic heterocycles. The van der Waals surface area contributed by atoms with Gasteiger partial charge in [-0.1, -0.05) is 18.2 Å². The number of nitrogens with zero attached hydrogens (tertiary/aromatic N) is 1. The lowest BCUT2D eigenvalue weighted by atomic mass is 9.98. The lowest BCUT2D eigenvalue weighted by Gasteiger charge is -2.19. The highest BCUT2D eigenvalue weighted by Gasteiger charge is 2.31. The van der Waals surface area contributed by atoms with Crippen LogP contribution in [0.25, 0.3) is 0 Å². The molecule has 2 fully saturated rings. The fraction of sp³-hybridized carbons (Fsp3) is 0.458. The van der Waals surface area contributed by atoms with Crippen LogP contribution < -0.4 is 14.2 Å². The molecule has 1 saturated heterocycles. The summed E-state index contributed by atoms with van der Waals surface area (Å²) in [6.45, 7) is 1.32. The highest BCUT2D eigenvalue weighted by atomic mass is 16.5. The SMILES string of the molecule is COc1cccc(CN2C[C@H](c3ccc(OC)c(OC4CCCC4)c3)CC2=O)c1. The van der Waals surface area contributed by atoms with E-state index in [0.29, 0.717) is 19.5 Å². The highest BCUT2D eigenvalue weighted by Crippen LogP contribution is 2.37. The number of rotatable bonds is 7. The van der Waals surface area contributed by atoms with Crippen LogP contribution in [0.3, 0.4) is 0 Å². The minimum Gasteiger partial charge on any atom is -0.497 e. The molecule has 1 saturated carbocycles. The number of amides is 1. The Bertz CT molecular complexity index is 860. The van der Waals surface area contributed by atoms with Gasteiger partial charge in [0, 0.05) is 25.4 Å². The van der Waals surface area contributed by atoms with Gasteiger partial charge < -0.3 is 19.1 Å². The number of carbonyl (C=O) groups is 1. The normalized spacial score (nSPS) is 19.6. The van der Waals surface area contributed by atoms with E-state index in [2.05, 4.69) is 12.1 Å². The molecule has 0 spiro atoms. The summed E-state index contributed by atoms with van der Waals surface area (Å²) in [5, 5.41) is 0. The number of benzene rings is 2. The molecule has 154 valence electrons. The van der Waals surface area contributed by atoms with Crippen molar-refractivity contribution in [3.8, 4) is 17.2 Å². The number of hydrogen-bond acceptors (Lipinski definition) is 4. The number of hydrogen-bond donors (Lipinski definition) is 0. The maximum atomic E-state index is 12.6. The van der Waals surface area contributed by atoms with Crippen molar-refractivity contribution in [2.24, 2.45) is 0 Å². The van der Waals surface area contributed by atoms with E-state index in [1.807, 2.05) is 35.2 Å². The molecular weight excluding hydrogens is 366 g/mol. The molecule has 1 aliphatic carbocycles.